The van der Waals surface area contributed by atoms with E-state index < -0.39 is 11.8 Å². The van der Waals surface area contributed by atoms with Crippen molar-refractivity contribution in [1.29, 1.82) is 0 Å². The van der Waals surface area contributed by atoms with Crippen molar-refractivity contribution in [1.82, 2.24) is 4.40 Å². The minimum Gasteiger partial charge on any atom is -0.299 e. The average Bonchev–Trinajstić information content (AvgIpc) is 3.77. The van der Waals surface area contributed by atoms with Crippen LogP contribution < -0.4 is 9.80 Å². The fraction of sp³-hybridized carbons (Fsp3) is 0.0488. The number of pyridine rings is 1. The molecule has 1 aliphatic heterocycles. The number of para-hydroxylation sites is 3. The lowest BCUT2D eigenvalue weighted by Gasteiger charge is -2.37. The van der Waals surface area contributed by atoms with E-state index in [2.05, 4.69) is 65.1 Å². The van der Waals surface area contributed by atoms with Crippen molar-refractivity contribution in [2.24, 2.45) is 0 Å². The molecule has 49 heavy (non-hydrogen) atoms. The van der Waals surface area contributed by atoms with Crippen molar-refractivity contribution >= 4 is 127 Å². The number of hydrogen-bond donors (Lipinski definition) is 0. The van der Waals surface area contributed by atoms with Crippen LogP contribution in [0, 0.1) is 13.8 Å². The Kier molecular flexibility index (Phi) is 6.01. The molecule has 0 bridgehead atoms. The quantitative estimate of drug-likeness (QED) is 0.106. The van der Waals surface area contributed by atoms with Gasteiger partial charge in [-0.15, -0.1) is 22.7 Å². The van der Waals surface area contributed by atoms with Crippen LogP contribution in [0.1, 0.15) is 16.0 Å². The molecule has 4 aromatic heterocycles. The molecule has 0 spiro atoms. The maximum absolute atomic E-state index is 14.3. The highest BCUT2D eigenvalue weighted by Gasteiger charge is 2.42. The van der Waals surface area contributed by atoms with Crippen LogP contribution in [-0.4, -0.2) is 21.3 Å². The molecule has 0 N–H and O–H groups in total. The van der Waals surface area contributed by atoms with Crippen molar-refractivity contribution in [2.45, 2.75) is 13.8 Å². The molecule has 2 amide bonds. The van der Waals surface area contributed by atoms with Gasteiger partial charge in [0.25, 0.3) is 11.8 Å². The Bertz CT molecular complexity index is 2870. The zero-order valence-corrected chi connectivity index (χ0v) is 28.8. The highest BCUT2D eigenvalue weighted by Crippen LogP contribution is 2.48. The SMILES string of the molecule is Cc1ccccc1N1C(=O)C(=Cc2cc3sc4c(c5cccc6ccc7c8ccccc8n4c7c65)c3s2)C(=O)N(c2ccccc2C)C1=S. The minimum absolute atomic E-state index is 0.0773. The van der Waals surface area contributed by atoms with E-state index in [0.29, 0.717) is 11.4 Å². The summed E-state index contributed by atoms with van der Waals surface area (Å²) in [6, 6.07) is 37.0. The number of rotatable bonds is 3. The largest absolute Gasteiger partial charge is 0.299 e. The zero-order valence-electron chi connectivity index (χ0n) is 26.4. The molecule has 10 rings (SSSR count). The van der Waals surface area contributed by atoms with Crippen molar-refractivity contribution < 1.29 is 9.59 Å². The van der Waals surface area contributed by atoms with Crippen LogP contribution in [0.5, 0.6) is 0 Å². The van der Waals surface area contributed by atoms with E-state index in [1.54, 1.807) is 28.7 Å². The highest BCUT2D eigenvalue weighted by molar-refractivity contribution is 7.81. The predicted molar refractivity (Wildman–Crippen MR) is 210 cm³/mol. The van der Waals surface area contributed by atoms with Crippen LogP contribution in [0.3, 0.4) is 0 Å². The Labute approximate surface area is 293 Å². The number of hydrogen-bond acceptors (Lipinski definition) is 5. The third kappa shape index (κ3) is 3.87. The molecule has 9 aromatic rings. The molecule has 5 aromatic carbocycles. The van der Waals surface area contributed by atoms with Gasteiger partial charge in [0.1, 0.15) is 10.4 Å². The summed E-state index contributed by atoms with van der Waals surface area (Å²) in [5, 5.41) is 7.53. The lowest BCUT2D eigenvalue weighted by molar-refractivity contribution is -0.120. The summed E-state index contributed by atoms with van der Waals surface area (Å²) in [6.07, 6.45) is 1.76. The molecule has 1 saturated heterocycles. The fourth-order valence-corrected chi connectivity index (χ4v) is 10.5. The normalized spacial score (nSPS) is 14.3. The minimum atomic E-state index is -0.423. The van der Waals surface area contributed by atoms with Crippen molar-refractivity contribution in [2.75, 3.05) is 9.80 Å². The average molecular weight is 688 g/mol. The van der Waals surface area contributed by atoms with Crippen molar-refractivity contribution in [3.63, 3.8) is 0 Å². The van der Waals surface area contributed by atoms with Gasteiger partial charge >= 0.3 is 0 Å². The molecule has 0 atom stereocenters. The van der Waals surface area contributed by atoms with Gasteiger partial charge in [0.2, 0.25) is 0 Å². The number of anilines is 2. The number of benzene rings is 5. The second-order valence-electron chi connectivity index (χ2n) is 12.5. The number of aromatic nitrogens is 1. The molecular weight excluding hydrogens is 663 g/mol. The first-order chi connectivity index (χ1) is 23.9. The molecule has 0 saturated carbocycles. The number of nitrogens with zero attached hydrogens (tertiary/aromatic N) is 3. The number of thiocarbonyl (C=S) groups is 1. The topological polar surface area (TPSA) is 45.0 Å². The first kappa shape index (κ1) is 28.6. The first-order valence-corrected chi connectivity index (χ1v) is 18.0. The third-order valence-electron chi connectivity index (χ3n) is 9.76. The van der Waals surface area contributed by atoms with Gasteiger partial charge in [0, 0.05) is 31.1 Å². The Hall–Kier alpha value is -5.41. The fourth-order valence-electron chi connectivity index (χ4n) is 7.53. The van der Waals surface area contributed by atoms with Crippen LogP contribution in [0.25, 0.3) is 63.7 Å². The van der Waals surface area contributed by atoms with Crippen LogP contribution >= 0.6 is 34.9 Å². The van der Waals surface area contributed by atoms with Gasteiger partial charge in [0.15, 0.2) is 5.11 Å². The van der Waals surface area contributed by atoms with Crippen LogP contribution in [0.15, 0.2) is 115 Å². The molecule has 5 heterocycles. The number of aryl methyl sites for hydroxylation is 2. The molecule has 234 valence electrons. The maximum Gasteiger partial charge on any atom is 0.270 e. The number of fused-ring (bicyclic) bond motifs is 8. The van der Waals surface area contributed by atoms with Crippen LogP contribution in [-0.2, 0) is 9.59 Å². The summed E-state index contributed by atoms with van der Waals surface area (Å²) in [5.74, 6) is -0.847. The van der Waals surface area contributed by atoms with E-state index in [1.807, 2.05) is 62.4 Å². The van der Waals surface area contributed by atoms with E-state index in [9.17, 15) is 9.59 Å². The summed E-state index contributed by atoms with van der Waals surface area (Å²) < 4.78 is 4.70. The molecule has 8 heteroatoms. The zero-order chi connectivity index (χ0) is 33.1. The Morgan fingerprint density at radius 2 is 1.31 bits per heavy atom. The monoisotopic (exact) mass is 687 g/mol. The number of carbonyl (C=O) groups excluding carboxylic acids is 2. The van der Waals surface area contributed by atoms with E-state index in [0.717, 1.165) is 25.4 Å². The van der Waals surface area contributed by atoms with Gasteiger partial charge in [-0.2, -0.15) is 0 Å². The molecule has 0 unspecified atom stereocenters. The number of carbonyl (C=O) groups is 2. The molecule has 0 radical (unpaired) electrons. The van der Waals surface area contributed by atoms with Gasteiger partial charge in [0.05, 0.1) is 27.1 Å². The highest BCUT2D eigenvalue weighted by atomic mass is 32.1. The summed E-state index contributed by atoms with van der Waals surface area (Å²) >= 11 is 9.29. The van der Waals surface area contributed by atoms with E-state index in [-0.39, 0.29) is 10.7 Å². The summed E-state index contributed by atoms with van der Waals surface area (Å²) in [6.45, 7) is 3.89. The lowest BCUT2D eigenvalue weighted by atomic mass is 10.0. The van der Waals surface area contributed by atoms with Gasteiger partial charge in [-0.25, -0.2) is 0 Å². The first-order valence-electron chi connectivity index (χ1n) is 16.0. The Balaban J connectivity index is 1.21. The number of amides is 2. The van der Waals surface area contributed by atoms with Crippen LogP contribution in [0.2, 0.25) is 0 Å². The molecule has 5 nitrogen and oxygen atoms in total. The van der Waals surface area contributed by atoms with E-state index in [1.165, 1.54) is 58.0 Å². The van der Waals surface area contributed by atoms with Crippen molar-refractivity contribution in [3.05, 3.63) is 131 Å². The standard InChI is InChI=1S/C41H25N3O2S3/c1-22-10-3-6-15-30(22)43-38(45)29(39(46)44(41(43)47)31-16-7-4-11-23(31)2)20-25-21-33-37(48-25)35-28-14-9-12-24-18-19-27-26-13-5-8-17-32(26)42(40(35)49-33)36(27)34(24)28/h3-21H,1-2H3. The lowest BCUT2D eigenvalue weighted by Crippen LogP contribution is -2.57. The predicted octanol–water partition coefficient (Wildman–Crippen LogP) is 10.6. The second kappa shape index (κ2) is 10.3. The van der Waals surface area contributed by atoms with Crippen LogP contribution in [0.4, 0.5) is 11.4 Å². The van der Waals surface area contributed by atoms with E-state index in [4.69, 9.17) is 12.2 Å². The molecule has 1 fully saturated rings. The van der Waals surface area contributed by atoms with Gasteiger partial charge in [-0.1, -0.05) is 84.9 Å². The van der Waals surface area contributed by atoms with Gasteiger partial charge < -0.3 is 0 Å². The van der Waals surface area contributed by atoms with E-state index >= 15 is 0 Å². The summed E-state index contributed by atoms with van der Waals surface area (Å²) in [4.78, 5) is 33.7. The Morgan fingerprint density at radius 1 is 0.653 bits per heavy atom. The second-order valence-corrected chi connectivity index (χ2v) is 15.0. The third-order valence-corrected chi connectivity index (χ3v) is 12.5. The smallest absolute Gasteiger partial charge is 0.270 e. The summed E-state index contributed by atoms with van der Waals surface area (Å²) in [5.41, 5.74) is 5.62. The van der Waals surface area contributed by atoms with Gasteiger partial charge in [-0.05, 0) is 78.3 Å². The Morgan fingerprint density at radius 3 is 2.02 bits per heavy atom. The van der Waals surface area contributed by atoms with Gasteiger partial charge in [-0.3, -0.25) is 23.8 Å². The summed E-state index contributed by atoms with van der Waals surface area (Å²) in [7, 11) is 0. The van der Waals surface area contributed by atoms with Crippen molar-refractivity contribution in [3.8, 4) is 0 Å². The molecular formula is C41H25N3O2S3. The maximum atomic E-state index is 14.3. The molecule has 0 aliphatic carbocycles. The molecule has 1 aliphatic rings. The number of thiophene rings is 2.